The Hall–Kier alpha value is -1.76. The summed E-state index contributed by atoms with van der Waals surface area (Å²) in [6, 6.07) is 4.78. The van der Waals surface area contributed by atoms with Crippen molar-refractivity contribution in [2.75, 3.05) is 6.61 Å². The first-order valence-electron chi connectivity index (χ1n) is 7.83. The van der Waals surface area contributed by atoms with Gasteiger partial charge in [-0.3, -0.25) is 4.79 Å². The lowest BCUT2D eigenvalue weighted by Gasteiger charge is -2.31. The van der Waals surface area contributed by atoms with E-state index in [-0.39, 0.29) is 24.8 Å². The molecular weight excluding hydrogens is 306 g/mol. The van der Waals surface area contributed by atoms with Gasteiger partial charge in [-0.05, 0) is 18.9 Å². The highest BCUT2D eigenvalue weighted by Crippen LogP contribution is 2.30. The van der Waals surface area contributed by atoms with E-state index in [1.807, 2.05) is 0 Å². The van der Waals surface area contributed by atoms with Crippen molar-refractivity contribution in [1.29, 1.82) is 0 Å². The number of halogens is 2. The fraction of sp³-hybridized carbons (Fsp3) is 0.625. The van der Waals surface area contributed by atoms with Crippen LogP contribution in [0.2, 0.25) is 0 Å². The number of rotatable bonds is 7. The van der Waals surface area contributed by atoms with Gasteiger partial charge in [0.25, 0.3) is 6.43 Å². The van der Waals surface area contributed by atoms with Crippen LogP contribution in [0, 0.1) is 0 Å². The molecule has 1 fully saturated rings. The first kappa shape index (κ1) is 17.6. The van der Waals surface area contributed by atoms with Crippen molar-refractivity contribution in [2.45, 2.75) is 57.1 Å². The molecule has 0 bridgehead atoms. The average molecular weight is 328 g/mol. The average Bonchev–Trinajstić information content (AvgIpc) is 2.52. The second-order valence-electron chi connectivity index (χ2n) is 5.91. The van der Waals surface area contributed by atoms with Crippen molar-refractivity contribution in [2.24, 2.45) is 0 Å². The first-order valence-corrected chi connectivity index (χ1v) is 7.83. The van der Waals surface area contributed by atoms with Crippen LogP contribution in [-0.4, -0.2) is 34.6 Å². The number of alkyl halides is 2. The molecular formula is C16H22F2N2O3. The van der Waals surface area contributed by atoms with E-state index in [0.717, 1.165) is 19.3 Å². The molecule has 2 rings (SSSR count). The largest absolute Gasteiger partial charge is 0.472 e. The summed E-state index contributed by atoms with van der Waals surface area (Å²) in [5.74, 6) is -0.141. The number of carbonyl (C=O) groups excluding carboxylic acids is 1. The normalized spacial score (nSPS) is 17.0. The SMILES string of the molecule is O=C(CC1(O)CCCCC1)NCc1cccc(OCC(F)F)n1. The van der Waals surface area contributed by atoms with Gasteiger partial charge in [-0.15, -0.1) is 0 Å². The van der Waals surface area contributed by atoms with Crippen LogP contribution in [-0.2, 0) is 11.3 Å². The van der Waals surface area contributed by atoms with Gasteiger partial charge in [0.1, 0.15) is 0 Å². The molecule has 5 nitrogen and oxygen atoms in total. The highest BCUT2D eigenvalue weighted by molar-refractivity contribution is 5.76. The van der Waals surface area contributed by atoms with E-state index in [2.05, 4.69) is 10.3 Å². The molecule has 2 N–H and O–H groups in total. The van der Waals surface area contributed by atoms with Gasteiger partial charge >= 0.3 is 0 Å². The monoisotopic (exact) mass is 328 g/mol. The molecule has 1 aliphatic rings. The third-order valence-electron chi connectivity index (χ3n) is 3.88. The van der Waals surface area contributed by atoms with Crippen molar-refractivity contribution in [3.8, 4) is 5.88 Å². The molecule has 1 saturated carbocycles. The van der Waals surface area contributed by atoms with Gasteiger partial charge < -0.3 is 15.2 Å². The Labute approximate surface area is 134 Å². The van der Waals surface area contributed by atoms with Crippen LogP contribution in [0.5, 0.6) is 5.88 Å². The minimum Gasteiger partial charge on any atom is -0.472 e. The Kier molecular flexibility index (Phi) is 6.27. The van der Waals surface area contributed by atoms with Gasteiger partial charge in [-0.1, -0.05) is 25.3 Å². The number of nitrogens with one attached hydrogen (secondary N) is 1. The molecule has 128 valence electrons. The smallest absolute Gasteiger partial charge is 0.272 e. The summed E-state index contributed by atoms with van der Waals surface area (Å²) in [5, 5.41) is 13.0. The maximum absolute atomic E-state index is 12.1. The molecule has 1 amide bonds. The van der Waals surface area contributed by atoms with Gasteiger partial charge in [-0.2, -0.15) is 0 Å². The summed E-state index contributed by atoms with van der Waals surface area (Å²) in [7, 11) is 0. The molecule has 1 aromatic rings. The van der Waals surface area contributed by atoms with E-state index in [1.165, 1.54) is 6.07 Å². The van der Waals surface area contributed by atoms with Crippen molar-refractivity contribution >= 4 is 5.91 Å². The van der Waals surface area contributed by atoms with Gasteiger partial charge in [0.2, 0.25) is 11.8 Å². The second-order valence-corrected chi connectivity index (χ2v) is 5.91. The minimum absolute atomic E-state index is 0.0779. The predicted molar refractivity (Wildman–Crippen MR) is 80.2 cm³/mol. The predicted octanol–water partition coefficient (Wildman–Crippen LogP) is 2.43. The van der Waals surface area contributed by atoms with Crippen LogP contribution in [0.15, 0.2) is 18.2 Å². The van der Waals surface area contributed by atoms with E-state index < -0.39 is 18.6 Å². The number of aliphatic hydroxyl groups is 1. The van der Waals surface area contributed by atoms with Gasteiger partial charge in [0.15, 0.2) is 6.61 Å². The Morgan fingerprint density at radius 2 is 2.09 bits per heavy atom. The Balaban J connectivity index is 1.80. The van der Waals surface area contributed by atoms with E-state index in [0.29, 0.717) is 18.5 Å². The second kappa shape index (κ2) is 8.19. The highest BCUT2D eigenvalue weighted by atomic mass is 19.3. The molecule has 0 unspecified atom stereocenters. The number of pyridine rings is 1. The van der Waals surface area contributed by atoms with Crippen LogP contribution in [0.4, 0.5) is 8.78 Å². The third kappa shape index (κ3) is 6.09. The first-order chi connectivity index (χ1) is 11.0. The topological polar surface area (TPSA) is 71.5 Å². The molecule has 0 spiro atoms. The Bertz CT molecular complexity index is 520. The van der Waals surface area contributed by atoms with Crippen LogP contribution < -0.4 is 10.1 Å². The van der Waals surface area contributed by atoms with Crippen LogP contribution >= 0.6 is 0 Å². The number of carbonyl (C=O) groups is 1. The zero-order chi connectivity index (χ0) is 16.7. The standard InChI is InChI=1S/C16H22F2N2O3/c17-13(18)11-23-15-6-4-5-12(20-15)10-19-14(21)9-16(22)7-2-1-3-8-16/h4-6,13,22H,1-3,7-11H2,(H,19,21). The lowest BCUT2D eigenvalue weighted by atomic mass is 9.82. The van der Waals surface area contributed by atoms with E-state index in [9.17, 15) is 18.7 Å². The fourth-order valence-electron chi connectivity index (χ4n) is 2.72. The summed E-state index contributed by atoms with van der Waals surface area (Å²) >= 11 is 0. The van der Waals surface area contributed by atoms with Crippen molar-refractivity contribution in [3.63, 3.8) is 0 Å². The number of nitrogens with zero attached hydrogens (tertiary/aromatic N) is 1. The zero-order valence-electron chi connectivity index (χ0n) is 12.9. The molecule has 0 aliphatic heterocycles. The van der Waals surface area contributed by atoms with Gasteiger partial charge in [-0.25, -0.2) is 13.8 Å². The zero-order valence-corrected chi connectivity index (χ0v) is 12.9. The molecule has 0 aromatic carbocycles. The number of ether oxygens (including phenoxy) is 1. The molecule has 1 aromatic heterocycles. The third-order valence-corrected chi connectivity index (χ3v) is 3.88. The summed E-state index contributed by atoms with van der Waals surface area (Å²) in [4.78, 5) is 16.0. The minimum atomic E-state index is -2.56. The number of amides is 1. The quantitative estimate of drug-likeness (QED) is 0.806. The summed E-state index contributed by atoms with van der Waals surface area (Å²) < 4.78 is 29.0. The maximum Gasteiger partial charge on any atom is 0.272 e. The molecule has 7 heteroatoms. The van der Waals surface area contributed by atoms with Crippen LogP contribution in [0.25, 0.3) is 0 Å². The number of hydrogen-bond donors (Lipinski definition) is 2. The van der Waals surface area contributed by atoms with E-state index in [1.54, 1.807) is 12.1 Å². The molecule has 23 heavy (non-hydrogen) atoms. The number of aromatic nitrogens is 1. The number of hydrogen-bond acceptors (Lipinski definition) is 4. The van der Waals surface area contributed by atoms with Gasteiger partial charge in [0, 0.05) is 6.07 Å². The summed E-state index contributed by atoms with van der Waals surface area (Å²) in [5.41, 5.74) is -0.390. The molecule has 0 atom stereocenters. The highest BCUT2D eigenvalue weighted by Gasteiger charge is 2.31. The van der Waals surface area contributed by atoms with Gasteiger partial charge in [0.05, 0.1) is 24.3 Å². The van der Waals surface area contributed by atoms with Crippen molar-refractivity contribution < 1.29 is 23.4 Å². The fourth-order valence-corrected chi connectivity index (χ4v) is 2.72. The maximum atomic E-state index is 12.1. The lowest BCUT2D eigenvalue weighted by molar-refractivity contribution is -0.127. The van der Waals surface area contributed by atoms with E-state index in [4.69, 9.17) is 4.74 Å². The lowest BCUT2D eigenvalue weighted by Crippen LogP contribution is -2.38. The molecule has 1 heterocycles. The van der Waals surface area contributed by atoms with E-state index >= 15 is 0 Å². The Morgan fingerprint density at radius 3 is 2.78 bits per heavy atom. The van der Waals surface area contributed by atoms with Crippen LogP contribution in [0.3, 0.4) is 0 Å². The molecule has 1 aliphatic carbocycles. The molecule has 0 saturated heterocycles. The summed E-state index contributed by atoms with van der Waals surface area (Å²) in [6.07, 6.45) is 1.79. The van der Waals surface area contributed by atoms with Crippen LogP contribution in [0.1, 0.15) is 44.2 Å². The van der Waals surface area contributed by atoms with Crippen molar-refractivity contribution in [1.82, 2.24) is 10.3 Å². The van der Waals surface area contributed by atoms with Crippen molar-refractivity contribution in [3.05, 3.63) is 23.9 Å². The molecule has 0 radical (unpaired) electrons. The summed E-state index contributed by atoms with van der Waals surface area (Å²) in [6.45, 7) is -0.545. The Morgan fingerprint density at radius 1 is 1.35 bits per heavy atom.